The van der Waals surface area contributed by atoms with Crippen molar-refractivity contribution in [3.05, 3.63) is 23.9 Å². The van der Waals surface area contributed by atoms with Crippen molar-refractivity contribution in [2.75, 3.05) is 51.0 Å². The number of benzene rings is 1. The van der Waals surface area contributed by atoms with E-state index in [1.807, 2.05) is 39.0 Å². The molecule has 174 valence electrons. The number of esters is 1. The molecule has 0 amide bonds. The molecule has 0 spiro atoms. The molecule has 2 fully saturated rings. The van der Waals surface area contributed by atoms with Crippen LogP contribution in [0.3, 0.4) is 0 Å². The third-order valence-corrected chi connectivity index (χ3v) is 6.35. The Labute approximate surface area is 189 Å². The van der Waals surface area contributed by atoms with Gasteiger partial charge in [0, 0.05) is 37.1 Å². The first-order chi connectivity index (χ1) is 15.6. The highest BCUT2D eigenvalue weighted by Gasteiger charge is 2.33. The van der Waals surface area contributed by atoms with Crippen LogP contribution in [0, 0.1) is 6.92 Å². The summed E-state index contributed by atoms with van der Waals surface area (Å²) in [5.74, 6) is 1.50. The van der Waals surface area contributed by atoms with Gasteiger partial charge in [-0.05, 0) is 51.8 Å². The molecule has 1 aromatic heterocycles. The van der Waals surface area contributed by atoms with E-state index < -0.39 is 0 Å². The molecule has 2 aliphatic rings. The van der Waals surface area contributed by atoms with E-state index in [0.29, 0.717) is 32.3 Å². The summed E-state index contributed by atoms with van der Waals surface area (Å²) in [6.07, 6.45) is 2.43. The van der Waals surface area contributed by atoms with Gasteiger partial charge in [0.25, 0.3) is 0 Å². The summed E-state index contributed by atoms with van der Waals surface area (Å²) in [6.45, 7) is 10.9. The number of nitrogens with zero attached hydrogens (tertiary/aromatic N) is 4. The molecule has 1 aromatic carbocycles. The van der Waals surface area contributed by atoms with Crippen molar-refractivity contribution in [2.45, 2.75) is 52.1 Å². The molecular weight excluding hydrogens is 408 g/mol. The van der Waals surface area contributed by atoms with Gasteiger partial charge in [0.15, 0.2) is 0 Å². The second kappa shape index (κ2) is 10.4. The number of carbonyl (C=O) groups is 1. The molecule has 3 heterocycles. The number of anilines is 1. The Hall–Kier alpha value is -2.45. The lowest BCUT2D eigenvalue weighted by molar-refractivity contribution is -0.147. The normalized spacial score (nSPS) is 20.5. The predicted octanol–water partition coefficient (Wildman–Crippen LogP) is 2.96. The fraction of sp³-hybridized carbons (Fsp3) is 0.625. The summed E-state index contributed by atoms with van der Waals surface area (Å²) in [7, 11) is 0. The smallest absolute Gasteiger partial charge is 0.307 e. The van der Waals surface area contributed by atoms with Gasteiger partial charge in [-0.15, -0.1) is 0 Å². The average molecular weight is 443 g/mol. The Balaban J connectivity index is 1.42. The average Bonchev–Trinajstić information content (AvgIpc) is 2.80. The number of aryl methyl sites for hydroxylation is 1. The predicted molar refractivity (Wildman–Crippen MR) is 123 cm³/mol. The molecule has 0 saturated carbocycles. The number of fused-ring (bicyclic) bond motifs is 1. The van der Waals surface area contributed by atoms with Gasteiger partial charge in [-0.1, -0.05) is 0 Å². The van der Waals surface area contributed by atoms with Crippen molar-refractivity contribution in [2.24, 2.45) is 0 Å². The van der Waals surface area contributed by atoms with Crippen molar-refractivity contribution in [1.82, 2.24) is 14.9 Å². The Bertz CT molecular complexity index is 930. The number of hydrogen-bond donors (Lipinski definition) is 0. The Morgan fingerprint density at radius 1 is 1.16 bits per heavy atom. The van der Waals surface area contributed by atoms with Crippen molar-refractivity contribution in [3.8, 4) is 5.75 Å². The van der Waals surface area contributed by atoms with Crippen molar-refractivity contribution in [1.29, 1.82) is 0 Å². The minimum atomic E-state index is -0.141. The second-order valence-corrected chi connectivity index (χ2v) is 8.41. The van der Waals surface area contributed by atoms with Gasteiger partial charge in [-0.3, -0.25) is 9.69 Å². The standard InChI is InChI=1S/C24H34N4O4/c1-4-31-20-6-7-22-21(15-20)17(3)25-24(26-22)27-10-8-18(9-11-27)28-12-13-30-16-19(28)14-23(29)32-5-2/h6-7,15,18-19H,4-5,8-14,16H2,1-3H3. The van der Waals surface area contributed by atoms with Gasteiger partial charge in [0.1, 0.15) is 5.75 Å². The van der Waals surface area contributed by atoms with E-state index in [1.165, 1.54) is 0 Å². The quantitative estimate of drug-likeness (QED) is 0.606. The van der Waals surface area contributed by atoms with Crippen LogP contribution < -0.4 is 9.64 Å². The Kier molecular flexibility index (Phi) is 7.42. The van der Waals surface area contributed by atoms with Crippen LogP contribution in [0.25, 0.3) is 10.9 Å². The van der Waals surface area contributed by atoms with Crippen LogP contribution in [0.1, 0.15) is 38.8 Å². The minimum absolute atomic E-state index is 0.0954. The first-order valence-electron chi connectivity index (χ1n) is 11.7. The molecule has 1 unspecified atom stereocenters. The summed E-state index contributed by atoms with van der Waals surface area (Å²) in [4.78, 5) is 26.4. The highest BCUT2D eigenvalue weighted by atomic mass is 16.5. The van der Waals surface area contributed by atoms with E-state index in [4.69, 9.17) is 24.2 Å². The van der Waals surface area contributed by atoms with Gasteiger partial charge in [0.2, 0.25) is 5.95 Å². The molecule has 2 aliphatic heterocycles. The zero-order valence-corrected chi connectivity index (χ0v) is 19.4. The molecule has 8 heteroatoms. The lowest BCUT2D eigenvalue weighted by atomic mass is 9.99. The van der Waals surface area contributed by atoms with Crippen LogP contribution in [0.2, 0.25) is 0 Å². The third-order valence-electron chi connectivity index (χ3n) is 6.35. The van der Waals surface area contributed by atoms with Crippen LogP contribution in [0.4, 0.5) is 5.95 Å². The van der Waals surface area contributed by atoms with Crippen molar-refractivity contribution < 1.29 is 19.0 Å². The maximum atomic E-state index is 12.0. The first kappa shape index (κ1) is 22.7. The second-order valence-electron chi connectivity index (χ2n) is 8.41. The molecule has 0 bridgehead atoms. The zero-order valence-electron chi connectivity index (χ0n) is 19.4. The van der Waals surface area contributed by atoms with E-state index in [9.17, 15) is 4.79 Å². The molecular formula is C24H34N4O4. The molecule has 2 aromatic rings. The summed E-state index contributed by atoms with van der Waals surface area (Å²) >= 11 is 0. The van der Waals surface area contributed by atoms with E-state index in [0.717, 1.165) is 67.4 Å². The number of rotatable bonds is 7. The van der Waals surface area contributed by atoms with Crippen LogP contribution in [-0.2, 0) is 14.3 Å². The van der Waals surface area contributed by atoms with Gasteiger partial charge in [-0.25, -0.2) is 9.97 Å². The molecule has 1 atom stereocenters. The number of hydrogen-bond acceptors (Lipinski definition) is 8. The summed E-state index contributed by atoms with van der Waals surface area (Å²) in [5.41, 5.74) is 1.91. The largest absolute Gasteiger partial charge is 0.494 e. The number of carbonyl (C=O) groups excluding carboxylic acids is 1. The third kappa shape index (κ3) is 5.13. The van der Waals surface area contributed by atoms with Crippen LogP contribution in [0.15, 0.2) is 18.2 Å². The maximum Gasteiger partial charge on any atom is 0.307 e. The zero-order chi connectivity index (χ0) is 22.5. The summed E-state index contributed by atoms with van der Waals surface area (Å²) in [5, 5.41) is 1.03. The van der Waals surface area contributed by atoms with Crippen LogP contribution in [0.5, 0.6) is 5.75 Å². The minimum Gasteiger partial charge on any atom is -0.494 e. The van der Waals surface area contributed by atoms with Gasteiger partial charge >= 0.3 is 5.97 Å². The highest BCUT2D eigenvalue weighted by Crippen LogP contribution is 2.27. The van der Waals surface area contributed by atoms with Crippen LogP contribution in [-0.4, -0.2) is 79.0 Å². The maximum absolute atomic E-state index is 12.0. The molecule has 0 aliphatic carbocycles. The number of morpholine rings is 1. The molecule has 32 heavy (non-hydrogen) atoms. The lowest BCUT2D eigenvalue weighted by Crippen LogP contribution is -2.54. The van der Waals surface area contributed by atoms with Crippen molar-refractivity contribution >= 4 is 22.8 Å². The molecule has 0 N–H and O–H groups in total. The highest BCUT2D eigenvalue weighted by molar-refractivity contribution is 5.83. The topological polar surface area (TPSA) is 77.0 Å². The lowest BCUT2D eigenvalue weighted by Gasteiger charge is -2.44. The van der Waals surface area contributed by atoms with E-state index >= 15 is 0 Å². The number of aromatic nitrogens is 2. The monoisotopic (exact) mass is 442 g/mol. The van der Waals surface area contributed by atoms with Gasteiger partial charge in [-0.2, -0.15) is 0 Å². The summed E-state index contributed by atoms with van der Waals surface area (Å²) in [6, 6.07) is 6.53. The number of ether oxygens (including phenoxy) is 3. The fourth-order valence-corrected chi connectivity index (χ4v) is 4.78. The van der Waals surface area contributed by atoms with Crippen molar-refractivity contribution in [3.63, 3.8) is 0 Å². The van der Waals surface area contributed by atoms with E-state index in [2.05, 4.69) is 9.80 Å². The fourth-order valence-electron chi connectivity index (χ4n) is 4.78. The SMILES string of the molecule is CCOC(=O)CC1COCCN1C1CCN(c2nc(C)c3cc(OCC)ccc3n2)CC1. The van der Waals surface area contributed by atoms with Gasteiger partial charge < -0.3 is 19.1 Å². The molecule has 2 saturated heterocycles. The first-order valence-corrected chi connectivity index (χ1v) is 11.7. The molecule has 0 radical (unpaired) electrons. The van der Waals surface area contributed by atoms with Crippen LogP contribution >= 0.6 is 0 Å². The molecule has 4 rings (SSSR count). The Morgan fingerprint density at radius 2 is 1.97 bits per heavy atom. The van der Waals surface area contributed by atoms with E-state index in [1.54, 1.807) is 0 Å². The van der Waals surface area contributed by atoms with E-state index in [-0.39, 0.29) is 12.0 Å². The Morgan fingerprint density at radius 3 is 2.72 bits per heavy atom. The van der Waals surface area contributed by atoms with Gasteiger partial charge in [0.05, 0.1) is 44.1 Å². The number of piperidine rings is 1. The molecule has 8 nitrogen and oxygen atoms in total. The summed E-state index contributed by atoms with van der Waals surface area (Å²) < 4.78 is 16.5.